The van der Waals surface area contributed by atoms with Gasteiger partial charge in [-0.15, -0.1) is 0 Å². The highest BCUT2D eigenvalue weighted by Crippen LogP contribution is 2.19. The maximum atomic E-state index is 5.47. The van der Waals surface area contributed by atoms with Gasteiger partial charge in [-0.3, -0.25) is 9.88 Å². The maximum Gasteiger partial charge on any atom is 0.225 e. The van der Waals surface area contributed by atoms with E-state index in [1.54, 1.807) is 12.4 Å². The van der Waals surface area contributed by atoms with Gasteiger partial charge in [-0.2, -0.15) is 0 Å². The van der Waals surface area contributed by atoms with Gasteiger partial charge in [0, 0.05) is 61.6 Å². The van der Waals surface area contributed by atoms with E-state index in [-0.39, 0.29) is 0 Å². The van der Waals surface area contributed by atoms with E-state index in [2.05, 4.69) is 29.9 Å². The molecule has 0 radical (unpaired) electrons. The SMILES string of the molecule is CN(Cc1cnc(N2CCCCC2)nc1)Cc1cc(-c2cccnc2)no1. The number of pyridine rings is 1. The number of piperidine rings is 1. The van der Waals surface area contributed by atoms with Crippen LogP contribution in [-0.4, -0.2) is 45.1 Å². The fourth-order valence-electron chi connectivity index (χ4n) is 3.36. The lowest BCUT2D eigenvalue weighted by molar-refractivity contribution is 0.266. The van der Waals surface area contributed by atoms with Crippen LogP contribution in [0.3, 0.4) is 0 Å². The molecule has 3 aromatic rings. The van der Waals surface area contributed by atoms with E-state index >= 15 is 0 Å². The van der Waals surface area contributed by atoms with Crippen molar-refractivity contribution in [3.05, 3.63) is 54.3 Å². The summed E-state index contributed by atoms with van der Waals surface area (Å²) >= 11 is 0. The molecule has 0 atom stereocenters. The maximum absolute atomic E-state index is 5.47. The van der Waals surface area contributed by atoms with Crippen LogP contribution < -0.4 is 4.90 Å². The van der Waals surface area contributed by atoms with Crippen LogP contribution in [0.15, 0.2) is 47.5 Å². The van der Waals surface area contributed by atoms with Gasteiger partial charge in [-0.05, 0) is 38.4 Å². The fraction of sp³-hybridized carbons (Fsp3) is 0.400. The molecule has 1 aliphatic heterocycles. The van der Waals surface area contributed by atoms with Gasteiger partial charge in [-0.25, -0.2) is 9.97 Å². The third-order valence-electron chi connectivity index (χ3n) is 4.73. The van der Waals surface area contributed by atoms with E-state index in [0.29, 0.717) is 6.54 Å². The minimum absolute atomic E-state index is 0.668. The lowest BCUT2D eigenvalue weighted by atomic mass is 10.1. The molecule has 0 bridgehead atoms. The van der Waals surface area contributed by atoms with Crippen molar-refractivity contribution >= 4 is 5.95 Å². The van der Waals surface area contributed by atoms with Crippen molar-refractivity contribution in [1.82, 2.24) is 25.0 Å². The van der Waals surface area contributed by atoms with Crippen LogP contribution in [0.4, 0.5) is 5.95 Å². The van der Waals surface area contributed by atoms with Gasteiger partial charge in [0.1, 0.15) is 5.69 Å². The predicted molar refractivity (Wildman–Crippen MR) is 103 cm³/mol. The minimum Gasteiger partial charge on any atom is -0.359 e. The van der Waals surface area contributed by atoms with Gasteiger partial charge in [0.15, 0.2) is 5.76 Å². The summed E-state index contributed by atoms with van der Waals surface area (Å²) in [6.45, 7) is 3.54. The van der Waals surface area contributed by atoms with Crippen LogP contribution in [0.5, 0.6) is 0 Å². The molecule has 7 nitrogen and oxygen atoms in total. The first-order valence-corrected chi connectivity index (χ1v) is 9.38. The van der Waals surface area contributed by atoms with Crippen molar-refractivity contribution < 1.29 is 4.52 Å². The van der Waals surface area contributed by atoms with Crippen molar-refractivity contribution in [3.8, 4) is 11.3 Å². The first-order chi connectivity index (χ1) is 13.3. The second-order valence-electron chi connectivity index (χ2n) is 7.03. The number of aromatic nitrogens is 4. The third kappa shape index (κ3) is 4.49. The van der Waals surface area contributed by atoms with Crippen LogP contribution in [0.1, 0.15) is 30.6 Å². The van der Waals surface area contributed by atoms with E-state index in [1.165, 1.54) is 19.3 Å². The summed E-state index contributed by atoms with van der Waals surface area (Å²) in [6, 6.07) is 5.83. The molecule has 1 saturated heterocycles. The quantitative estimate of drug-likeness (QED) is 0.665. The molecule has 27 heavy (non-hydrogen) atoms. The lowest BCUT2D eigenvalue weighted by Gasteiger charge is -2.26. The van der Waals surface area contributed by atoms with Crippen LogP contribution in [0.25, 0.3) is 11.3 Å². The molecule has 0 aromatic carbocycles. The minimum atomic E-state index is 0.668. The Bertz CT molecular complexity index is 842. The number of nitrogens with zero attached hydrogens (tertiary/aromatic N) is 6. The number of hydrogen-bond donors (Lipinski definition) is 0. The zero-order valence-electron chi connectivity index (χ0n) is 15.6. The second-order valence-corrected chi connectivity index (χ2v) is 7.03. The molecule has 140 valence electrons. The summed E-state index contributed by atoms with van der Waals surface area (Å²) in [5.41, 5.74) is 2.85. The Morgan fingerprint density at radius 3 is 2.63 bits per heavy atom. The van der Waals surface area contributed by atoms with Gasteiger partial charge in [0.05, 0.1) is 6.54 Å². The standard InChI is InChI=1S/C20H24N6O/c1-25(15-18-10-19(24-27-18)17-6-5-7-21-13-17)14-16-11-22-20(23-12-16)26-8-3-2-4-9-26/h5-7,10-13H,2-4,8-9,14-15H2,1H3. The molecule has 0 unspecified atom stereocenters. The molecular formula is C20H24N6O. The Kier molecular flexibility index (Phi) is 5.39. The third-order valence-corrected chi connectivity index (χ3v) is 4.73. The molecule has 0 N–H and O–H groups in total. The molecular weight excluding hydrogens is 340 g/mol. The number of rotatable bonds is 6. The molecule has 4 heterocycles. The van der Waals surface area contributed by atoms with Crippen molar-refractivity contribution in [2.24, 2.45) is 0 Å². The van der Waals surface area contributed by atoms with Gasteiger partial charge < -0.3 is 9.42 Å². The Morgan fingerprint density at radius 1 is 1.07 bits per heavy atom. The van der Waals surface area contributed by atoms with Crippen molar-refractivity contribution in [1.29, 1.82) is 0 Å². The zero-order chi connectivity index (χ0) is 18.5. The van der Waals surface area contributed by atoms with Gasteiger partial charge in [0.25, 0.3) is 0 Å². The van der Waals surface area contributed by atoms with Crippen molar-refractivity contribution in [2.45, 2.75) is 32.4 Å². The monoisotopic (exact) mass is 364 g/mol. The molecule has 0 spiro atoms. The highest BCUT2D eigenvalue weighted by Gasteiger charge is 2.14. The number of hydrogen-bond acceptors (Lipinski definition) is 7. The van der Waals surface area contributed by atoms with Crippen LogP contribution in [0, 0.1) is 0 Å². The molecule has 0 saturated carbocycles. The Morgan fingerprint density at radius 2 is 1.89 bits per heavy atom. The van der Waals surface area contributed by atoms with Gasteiger partial charge >= 0.3 is 0 Å². The Hall–Kier alpha value is -2.80. The van der Waals surface area contributed by atoms with E-state index < -0.39 is 0 Å². The Labute approximate surface area is 159 Å². The first kappa shape index (κ1) is 17.6. The number of anilines is 1. The van der Waals surface area contributed by atoms with Crippen LogP contribution in [-0.2, 0) is 13.1 Å². The summed E-state index contributed by atoms with van der Waals surface area (Å²) in [6.07, 6.45) is 11.1. The smallest absolute Gasteiger partial charge is 0.225 e. The summed E-state index contributed by atoms with van der Waals surface area (Å²) in [4.78, 5) is 17.7. The average molecular weight is 364 g/mol. The molecule has 1 fully saturated rings. The summed E-state index contributed by atoms with van der Waals surface area (Å²) in [5, 5.41) is 4.14. The topological polar surface area (TPSA) is 71.2 Å². The van der Waals surface area contributed by atoms with Gasteiger partial charge in [-0.1, -0.05) is 5.16 Å². The van der Waals surface area contributed by atoms with Crippen LogP contribution in [0.2, 0.25) is 0 Å². The Balaban J connectivity index is 1.34. The van der Waals surface area contributed by atoms with Crippen LogP contribution >= 0.6 is 0 Å². The highest BCUT2D eigenvalue weighted by molar-refractivity contribution is 5.57. The van der Waals surface area contributed by atoms with Gasteiger partial charge in [0.2, 0.25) is 5.95 Å². The van der Waals surface area contributed by atoms with E-state index in [4.69, 9.17) is 4.52 Å². The summed E-state index contributed by atoms with van der Waals surface area (Å²) < 4.78 is 5.47. The summed E-state index contributed by atoms with van der Waals surface area (Å²) in [5.74, 6) is 1.67. The average Bonchev–Trinajstić information content (AvgIpc) is 3.18. The normalized spacial score (nSPS) is 14.7. The molecule has 0 aliphatic carbocycles. The molecule has 1 aliphatic rings. The second kappa shape index (κ2) is 8.26. The highest BCUT2D eigenvalue weighted by atomic mass is 16.5. The molecule has 7 heteroatoms. The van der Waals surface area contributed by atoms with Crippen molar-refractivity contribution in [3.63, 3.8) is 0 Å². The summed E-state index contributed by atoms with van der Waals surface area (Å²) in [7, 11) is 2.05. The first-order valence-electron chi connectivity index (χ1n) is 9.38. The predicted octanol–water partition coefficient (Wildman–Crippen LogP) is 3.15. The van der Waals surface area contributed by atoms with Crippen molar-refractivity contribution in [2.75, 3.05) is 25.0 Å². The fourth-order valence-corrected chi connectivity index (χ4v) is 3.36. The largest absolute Gasteiger partial charge is 0.359 e. The molecule has 0 amide bonds. The van der Waals surface area contributed by atoms with E-state index in [9.17, 15) is 0 Å². The van der Waals surface area contributed by atoms with E-state index in [1.807, 2.05) is 37.6 Å². The lowest BCUT2D eigenvalue weighted by Crippen LogP contribution is -2.31. The molecule has 4 rings (SSSR count). The zero-order valence-corrected chi connectivity index (χ0v) is 15.6. The van der Waals surface area contributed by atoms with E-state index in [0.717, 1.165) is 48.2 Å². The molecule has 3 aromatic heterocycles.